The van der Waals surface area contributed by atoms with Crippen LogP contribution in [0.4, 0.5) is 8.78 Å². The molecular formula is C30H36F2O. The summed E-state index contributed by atoms with van der Waals surface area (Å²) in [4.78, 5) is 12.4. The van der Waals surface area contributed by atoms with Crippen LogP contribution in [-0.2, 0) is 0 Å². The van der Waals surface area contributed by atoms with Gasteiger partial charge >= 0.3 is 0 Å². The van der Waals surface area contributed by atoms with Gasteiger partial charge in [0.05, 0.1) is 5.56 Å². The Morgan fingerprint density at radius 3 is 2.21 bits per heavy atom. The first kappa shape index (κ1) is 23.9. The van der Waals surface area contributed by atoms with Gasteiger partial charge in [0.1, 0.15) is 11.6 Å². The summed E-state index contributed by atoms with van der Waals surface area (Å²) >= 11 is 0. The summed E-state index contributed by atoms with van der Waals surface area (Å²) in [6, 6.07) is 10.8. The Bertz CT molecular complexity index is 960. The highest BCUT2D eigenvalue weighted by atomic mass is 19.1. The maximum absolute atomic E-state index is 14.7. The number of carbonyl (C=O) groups excluding carboxylic acids is 1. The molecule has 2 bridgehead atoms. The van der Waals surface area contributed by atoms with Crippen LogP contribution in [0.2, 0.25) is 0 Å². The van der Waals surface area contributed by atoms with E-state index in [1.807, 2.05) is 12.1 Å². The molecule has 1 atom stereocenters. The summed E-state index contributed by atoms with van der Waals surface area (Å²) in [6.07, 6.45) is 13.4. The molecule has 2 aromatic rings. The van der Waals surface area contributed by atoms with E-state index in [9.17, 15) is 13.6 Å². The average Bonchev–Trinajstić information content (AvgIpc) is 3.12. The quantitative estimate of drug-likeness (QED) is 0.212. The van der Waals surface area contributed by atoms with Crippen LogP contribution in [0, 0.1) is 23.0 Å². The van der Waals surface area contributed by atoms with Gasteiger partial charge < -0.3 is 0 Å². The molecule has 0 aromatic heterocycles. The third kappa shape index (κ3) is 5.13. The van der Waals surface area contributed by atoms with E-state index in [4.69, 9.17) is 0 Å². The Kier molecular flexibility index (Phi) is 7.46. The van der Waals surface area contributed by atoms with Gasteiger partial charge in [-0.1, -0.05) is 56.5 Å². The van der Waals surface area contributed by atoms with Crippen molar-refractivity contribution in [2.45, 2.75) is 83.5 Å². The predicted molar refractivity (Wildman–Crippen MR) is 131 cm³/mol. The van der Waals surface area contributed by atoms with E-state index in [2.05, 4.69) is 31.7 Å². The smallest absolute Gasteiger partial charge is 0.168 e. The molecule has 5 rings (SSSR count). The van der Waals surface area contributed by atoms with Gasteiger partial charge in [0.2, 0.25) is 0 Å². The third-order valence-electron chi connectivity index (χ3n) is 8.23. The molecule has 0 N–H and O–H groups in total. The molecule has 0 aliphatic heterocycles. The predicted octanol–water partition coefficient (Wildman–Crippen LogP) is 9.02. The number of benzene rings is 2. The van der Waals surface area contributed by atoms with E-state index in [-0.39, 0.29) is 6.42 Å². The van der Waals surface area contributed by atoms with Crippen LogP contribution < -0.4 is 0 Å². The molecule has 176 valence electrons. The van der Waals surface area contributed by atoms with Crippen LogP contribution in [0.3, 0.4) is 0 Å². The van der Waals surface area contributed by atoms with Crippen molar-refractivity contribution in [3.8, 4) is 11.1 Å². The Labute approximate surface area is 197 Å². The molecule has 3 heteroatoms. The minimum atomic E-state index is -0.759. The highest BCUT2D eigenvalue weighted by Crippen LogP contribution is 2.53. The molecule has 1 nitrogen and oxygen atoms in total. The van der Waals surface area contributed by atoms with E-state index in [1.54, 1.807) is 0 Å². The number of unbranched alkanes of at least 4 members (excludes halogenated alkanes) is 3. The monoisotopic (exact) mass is 450 g/mol. The summed E-state index contributed by atoms with van der Waals surface area (Å²) in [5, 5.41) is 0. The maximum atomic E-state index is 14.7. The largest absolute Gasteiger partial charge is 0.294 e. The topological polar surface area (TPSA) is 17.1 Å². The lowest BCUT2D eigenvalue weighted by molar-refractivity contribution is 0.0971. The standard InChI is InChI=1S/C30H36F2O/c1-3-5-6-7-8-28(33)29-26(31)19-24(20-27(29)32)21-9-11-22(12-10-21)25-15-18-30(4-2)16-13-23(25)14-17-30/h4,9-12,19-20,23,25H,2-3,5-8,13-18H2,1H3. The molecule has 3 aliphatic carbocycles. The summed E-state index contributed by atoms with van der Waals surface area (Å²) in [5.41, 5.74) is 2.52. The summed E-state index contributed by atoms with van der Waals surface area (Å²) in [7, 11) is 0. The van der Waals surface area contributed by atoms with E-state index in [1.165, 1.54) is 56.2 Å². The number of ketones is 1. The van der Waals surface area contributed by atoms with Gasteiger partial charge in [-0.15, -0.1) is 6.58 Å². The van der Waals surface area contributed by atoms with Gasteiger partial charge in [0.25, 0.3) is 0 Å². The van der Waals surface area contributed by atoms with Crippen LogP contribution in [0.5, 0.6) is 0 Å². The van der Waals surface area contributed by atoms with Crippen LogP contribution in [0.15, 0.2) is 49.1 Å². The van der Waals surface area contributed by atoms with E-state index in [0.717, 1.165) is 24.8 Å². The molecule has 33 heavy (non-hydrogen) atoms. The lowest BCUT2D eigenvalue weighted by Gasteiger charge is -2.34. The number of allylic oxidation sites excluding steroid dienone is 1. The van der Waals surface area contributed by atoms with Crippen molar-refractivity contribution in [1.29, 1.82) is 0 Å². The SMILES string of the molecule is C=CC12CCC(CC1)C(c1ccc(-c3cc(F)c(C(=O)CCCCCC)c(F)c3)cc1)CC2. The Balaban J connectivity index is 1.49. The minimum Gasteiger partial charge on any atom is -0.294 e. The second-order valence-corrected chi connectivity index (χ2v) is 10.2. The molecule has 2 aromatic carbocycles. The van der Waals surface area contributed by atoms with Crippen molar-refractivity contribution in [2.75, 3.05) is 0 Å². The highest BCUT2D eigenvalue weighted by molar-refractivity contribution is 5.97. The zero-order valence-electron chi connectivity index (χ0n) is 19.8. The fraction of sp³-hybridized carbons (Fsp3) is 0.500. The summed E-state index contributed by atoms with van der Waals surface area (Å²) in [5.74, 6) is -0.702. The zero-order chi connectivity index (χ0) is 23.4. The first-order valence-electron chi connectivity index (χ1n) is 12.7. The minimum absolute atomic E-state index is 0.192. The van der Waals surface area contributed by atoms with E-state index in [0.29, 0.717) is 29.2 Å². The van der Waals surface area contributed by atoms with Gasteiger partial charge in [-0.3, -0.25) is 4.79 Å². The molecule has 0 radical (unpaired) electrons. The van der Waals surface area contributed by atoms with Crippen molar-refractivity contribution < 1.29 is 13.6 Å². The van der Waals surface area contributed by atoms with Gasteiger partial charge in [-0.05, 0) is 91.0 Å². The lowest BCUT2D eigenvalue weighted by atomic mass is 9.70. The fourth-order valence-electron chi connectivity index (χ4n) is 6.06. The molecule has 0 amide bonds. The highest BCUT2D eigenvalue weighted by Gasteiger charge is 2.40. The molecule has 3 aliphatic rings. The number of rotatable bonds is 9. The van der Waals surface area contributed by atoms with Crippen molar-refractivity contribution in [1.82, 2.24) is 0 Å². The normalized spacial score (nSPS) is 24.5. The second kappa shape index (κ2) is 10.3. The van der Waals surface area contributed by atoms with Crippen LogP contribution in [0.25, 0.3) is 11.1 Å². The zero-order valence-corrected chi connectivity index (χ0v) is 19.8. The average molecular weight is 451 g/mol. The first-order valence-corrected chi connectivity index (χ1v) is 12.7. The van der Waals surface area contributed by atoms with Crippen LogP contribution >= 0.6 is 0 Å². The van der Waals surface area contributed by atoms with Crippen LogP contribution in [0.1, 0.15) is 99.4 Å². The van der Waals surface area contributed by atoms with Gasteiger partial charge in [0.15, 0.2) is 5.78 Å². The van der Waals surface area contributed by atoms with E-state index < -0.39 is 23.0 Å². The summed E-state index contributed by atoms with van der Waals surface area (Å²) in [6.45, 7) is 6.20. The third-order valence-corrected chi connectivity index (χ3v) is 8.23. The molecule has 0 saturated heterocycles. The lowest BCUT2D eigenvalue weighted by Crippen LogP contribution is -2.22. The van der Waals surface area contributed by atoms with Crippen LogP contribution in [-0.4, -0.2) is 5.78 Å². The first-order chi connectivity index (χ1) is 16.0. The number of fused-ring (bicyclic) bond motifs is 4. The fourth-order valence-corrected chi connectivity index (χ4v) is 6.06. The molecule has 3 saturated carbocycles. The van der Waals surface area contributed by atoms with E-state index >= 15 is 0 Å². The number of carbonyl (C=O) groups is 1. The molecular weight excluding hydrogens is 414 g/mol. The van der Waals surface area contributed by atoms with Crippen molar-refractivity contribution in [3.05, 3.63) is 71.8 Å². The Hall–Kier alpha value is -2.29. The summed E-state index contributed by atoms with van der Waals surface area (Å²) < 4.78 is 29.5. The number of hydrogen-bond donors (Lipinski definition) is 0. The number of Topliss-reactive ketones (excluding diaryl/α,β-unsaturated/α-hetero) is 1. The number of hydrogen-bond acceptors (Lipinski definition) is 1. The van der Waals surface area contributed by atoms with Crippen molar-refractivity contribution in [2.24, 2.45) is 11.3 Å². The Morgan fingerprint density at radius 1 is 0.970 bits per heavy atom. The molecule has 3 fully saturated rings. The maximum Gasteiger partial charge on any atom is 0.168 e. The molecule has 0 heterocycles. The van der Waals surface area contributed by atoms with Gasteiger partial charge in [-0.25, -0.2) is 8.78 Å². The Morgan fingerprint density at radius 2 is 1.61 bits per heavy atom. The van der Waals surface area contributed by atoms with Gasteiger partial charge in [0, 0.05) is 6.42 Å². The molecule has 0 spiro atoms. The van der Waals surface area contributed by atoms with Crippen molar-refractivity contribution in [3.63, 3.8) is 0 Å². The van der Waals surface area contributed by atoms with Crippen molar-refractivity contribution >= 4 is 5.78 Å². The van der Waals surface area contributed by atoms with Gasteiger partial charge in [-0.2, -0.15) is 0 Å². The number of halogens is 2. The second-order valence-electron chi connectivity index (χ2n) is 10.2. The molecule has 1 unspecified atom stereocenters.